The molecule has 0 saturated heterocycles. The van der Waals surface area contributed by atoms with Crippen molar-refractivity contribution in [1.29, 1.82) is 0 Å². The summed E-state index contributed by atoms with van der Waals surface area (Å²) in [5, 5.41) is 4.69. The van der Waals surface area contributed by atoms with E-state index in [-0.39, 0.29) is 5.54 Å². The Bertz CT molecular complexity index is 514. The van der Waals surface area contributed by atoms with E-state index >= 15 is 0 Å². The fourth-order valence-corrected chi connectivity index (χ4v) is 2.90. The molecule has 17 heavy (non-hydrogen) atoms. The second-order valence-electron chi connectivity index (χ2n) is 5.15. The number of rotatable bonds is 3. The molecule has 2 nitrogen and oxygen atoms in total. The maximum atomic E-state index is 4.64. The van der Waals surface area contributed by atoms with Gasteiger partial charge in [0.05, 0.1) is 15.2 Å². The molecule has 0 fully saturated rings. The molecule has 0 aliphatic heterocycles. The summed E-state index contributed by atoms with van der Waals surface area (Å²) in [7, 11) is 0. The zero-order valence-corrected chi connectivity index (χ0v) is 12.8. The number of aromatic nitrogens is 1. The number of thiazole rings is 1. The Balaban J connectivity index is 2.05. The number of halogens is 1. The molecule has 0 unspecified atom stereocenters. The average Bonchev–Trinajstić information content (AvgIpc) is 2.57. The first-order valence-electron chi connectivity index (χ1n) is 5.74. The van der Waals surface area contributed by atoms with Gasteiger partial charge in [0.15, 0.2) is 0 Å². The number of fused-ring (bicyclic) bond motifs is 1. The van der Waals surface area contributed by atoms with Gasteiger partial charge in [0.1, 0.15) is 0 Å². The zero-order chi connectivity index (χ0) is 12.5. The van der Waals surface area contributed by atoms with Crippen LogP contribution in [0.2, 0.25) is 0 Å². The number of benzene rings is 1. The minimum absolute atomic E-state index is 0.180. The molecule has 0 bridgehead atoms. The number of hydrogen-bond acceptors (Lipinski definition) is 3. The largest absolute Gasteiger partial charge is 0.312 e. The molecule has 1 aromatic carbocycles. The van der Waals surface area contributed by atoms with Gasteiger partial charge in [0, 0.05) is 23.0 Å². The van der Waals surface area contributed by atoms with Crippen LogP contribution >= 0.6 is 27.3 Å². The molecule has 0 radical (unpaired) electrons. The first kappa shape index (κ1) is 13.0. The van der Waals surface area contributed by atoms with Crippen LogP contribution in [0.4, 0.5) is 0 Å². The third-order valence-corrected chi connectivity index (χ3v) is 3.98. The van der Waals surface area contributed by atoms with Crippen molar-refractivity contribution in [2.75, 3.05) is 6.54 Å². The van der Waals surface area contributed by atoms with Crippen LogP contribution in [0, 0.1) is 0 Å². The van der Waals surface area contributed by atoms with E-state index in [2.05, 4.69) is 65.2 Å². The molecule has 1 N–H and O–H groups in total. The predicted molar refractivity (Wildman–Crippen MR) is 78.8 cm³/mol. The van der Waals surface area contributed by atoms with E-state index in [1.54, 1.807) is 11.3 Å². The van der Waals surface area contributed by atoms with Crippen molar-refractivity contribution >= 4 is 37.5 Å². The lowest BCUT2D eigenvalue weighted by molar-refractivity contribution is 0.429. The quantitative estimate of drug-likeness (QED) is 0.927. The van der Waals surface area contributed by atoms with E-state index in [1.807, 2.05) is 0 Å². The van der Waals surface area contributed by atoms with Crippen LogP contribution in [-0.4, -0.2) is 17.1 Å². The number of hydrogen-bond donors (Lipinski definition) is 1. The van der Waals surface area contributed by atoms with Crippen molar-refractivity contribution in [3.63, 3.8) is 0 Å². The van der Waals surface area contributed by atoms with Crippen molar-refractivity contribution in [1.82, 2.24) is 10.3 Å². The van der Waals surface area contributed by atoms with Gasteiger partial charge in [-0.25, -0.2) is 4.98 Å². The normalized spacial score (nSPS) is 12.2. The molecule has 2 aromatic rings. The van der Waals surface area contributed by atoms with Gasteiger partial charge in [-0.3, -0.25) is 0 Å². The van der Waals surface area contributed by atoms with Crippen molar-refractivity contribution in [2.24, 2.45) is 0 Å². The van der Waals surface area contributed by atoms with Crippen LogP contribution in [0.1, 0.15) is 25.8 Å². The van der Waals surface area contributed by atoms with Gasteiger partial charge < -0.3 is 5.32 Å². The number of nitrogens with zero attached hydrogens (tertiary/aromatic N) is 1. The predicted octanol–water partition coefficient (Wildman–Crippen LogP) is 3.99. The van der Waals surface area contributed by atoms with Crippen molar-refractivity contribution < 1.29 is 0 Å². The molecule has 0 spiro atoms. The summed E-state index contributed by atoms with van der Waals surface area (Å²) in [5.74, 6) is 0. The van der Waals surface area contributed by atoms with Crippen LogP contribution in [0.5, 0.6) is 0 Å². The zero-order valence-electron chi connectivity index (χ0n) is 10.4. The van der Waals surface area contributed by atoms with Crippen molar-refractivity contribution in [3.05, 3.63) is 27.7 Å². The van der Waals surface area contributed by atoms with E-state index in [4.69, 9.17) is 0 Å². The first-order valence-corrected chi connectivity index (χ1v) is 7.35. The van der Waals surface area contributed by atoms with Gasteiger partial charge in [0.25, 0.3) is 0 Å². The van der Waals surface area contributed by atoms with E-state index in [0.29, 0.717) is 0 Å². The topological polar surface area (TPSA) is 24.9 Å². The summed E-state index contributed by atoms with van der Waals surface area (Å²) < 4.78 is 2.36. The van der Waals surface area contributed by atoms with E-state index in [0.717, 1.165) is 23.0 Å². The molecule has 92 valence electrons. The fourth-order valence-electron chi connectivity index (χ4n) is 1.60. The fraction of sp³-hybridized carbons (Fsp3) is 0.462. The first-order chi connectivity index (χ1) is 7.94. The lowest BCUT2D eigenvalue weighted by Gasteiger charge is -2.19. The molecule has 1 aromatic heterocycles. The standard InChI is InChI=1S/C13H17BrN2S/c1-13(2,3)15-7-6-12-16-10-8-9(14)4-5-11(10)17-12/h4-5,8,15H,6-7H2,1-3H3. The molecule has 1 heterocycles. The van der Waals surface area contributed by atoms with Crippen LogP contribution in [0.15, 0.2) is 22.7 Å². The maximum absolute atomic E-state index is 4.64. The summed E-state index contributed by atoms with van der Waals surface area (Å²) in [6.07, 6.45) is 0.994. The molecule has 4 heteroatoms. The highest BCUT2D eigenvalue weighted by Gasteiger charge is 2.09. The van der Waals surface area contributed by atoms with Gasteiger partial charge in [-0.05, 0) is 39.0 Å². The highest BCUT2D eigenvalue weighted by atomic mass is 79.9. The van der Waals surface area contributed by atoms with Crippen LogP contribution < -0.4 is 5.32 Å². The van der Waals surface area contributed by atoms with Crippen molar-refractivity contribution in [2.45, 2.75) is 32.7 Å². The second-order valence-corrected chi connectivity index (χ2v) is 7.18. The van der Waals surface area contributed by atoms with Crippen LogP contribution in [-0.2, 0) is 6.42 Å². The van der Waals surface area contributed by atoms with Crippen molar-refractivity contribution in [3.8, 4) is 0 Å². The molecule has 2 rings (SSSR count). The molecular formula is C13H17BrN2S. The van der Waals surface area contributed by atoms with Gasteiger partial charge in [-0.1, -0.05) is 15.9 Å². The minimum atomic E-state index is 0.180. The Morgan fingerprint density at radius 2 is 2.12 bits per heavy atom. The maximum Gasteiger partial charge on any atom is 0.0951 e. The average molecular weight is 313 g/mol. The molecular weight excluding hydrogens is 296 g/mol. The van der Waals surface area contributed by atoms with Gasteiger partial charge in [-0.2, -0.15) is 0 Å². The Kier molecular flexibility index (Phi) is 3.85. The van der Waals surface area contributed by atoms with E-state index in [9.17, 15) is 0 Å². The summed E-state index contributed by atoms with van der Waals surface area (Å²) in [6.45, 7) is 7.53. The highest BCUT2D eigenvalue weighted by Crippen LogP contribution is 2.25. The Hall–Kier alpha value is -0.450. The summed E-state index contributed by atoms with van der Waals surface area (Å²) in [4.78, 5) is 4.64. The Morgan fingerprint density at radius 1 is 1.35 bits per heavy atom. The minimum Gasteiger partial charge on any atom is -0.312 e. The van der Waals surface area contributed by atoms with Gasteiger partial charge >= 0.3 is 0 Å². The summed E-state index contributed by atoms with van der Waals surface area (Å²) >= 11 is 5.26. The SMILES string of the molecule is CC(C)(C)NCCc1nc2cc(Br)ccc2s1. The van der Waals surface area contributed by atoms with Crippen LogP contribution in [0.25, 0.3) is 10.2 Å². The smallest absolute Gasteiger partial charge is 0.0951 e. The molecule has 0 aliphatic carbocycles. The lowest BCUT2D eigenvalue weighted by Crippen LogP contribution is -2.37. The van der Waals surface area contributed by atoms with Gasteiger partial charge in [0.2, 0.25) is 0 Å². The highest BCUT2D eigenvalue weighted by molar-refractivity contribution is 9.10. The second kappa shape index (κ2) is 5.04. The molecule has 0 saturated carbocycles. The third kappa shape index (κ3) is 3.76. The van der Waals surface area contributed by atoms with Gasteiger partial charge in [-0.15, -0.1) is 11.3 Å². The number of nitrogens with one attached hydrogen (secondary N) is 1. The van der Waals surface area contributed by atoms with Crippen LogP contribution in [0.3, 0.4) is 0 Å². The summed E-state index contributed by atoms with van der Waals surface area (Å²) in [5.41, 5.74) is 1.27. The molecule has 0 atom stereocenters. The lowest BCUT2D eigenvalue weighted by atomic mass is 10.1. The summed E-state index contributed by atoms with van der Waals surface area (Å²) in [6, 6.07) is 6.27. The van der Waals surface area contributed by atoms with E-state index < -0.39 is 0 Å². The molecule has 0 aliphatic rings. The Morgan fingerprint density at radius 3 is 2.82 bits per heavy atom. The molecule has 0 amide bonds. The Labute approximate surface area is 115 Å². The third-order valence-electron chi connectivity index (χ3n) is 2.39. The monoisotopic (exact) mass is 312 g/mol. The van der Waals surface area contributed by atoms with E-state index in [1.165, 1.54) is 9.71 Å².